The minimum absolute atomic E-state index is 0.509. The summed E-state index contributed by atoms with van der Waals surface area (Å²) < 4.78 is 0. The molecule has 0 saturated carbocycles. The second-order valence-corrected chi connectivity index (χ2v) is 1.12. The van der Waals surface area contributed by atoms with Gasteiger partial charge in [0.05, 0.1) is 0 Å². The van der Waals surface area contributed by atoms with E-state index in [1.807, 2.05) is 0 Å². The Hall–Kier alpha value is -1.25. The van der Waals surface area contributed by atoms with Crippen molar-refractivity contribution in [2.75, 3.05) is 0 Å². The molecule has 3 heteroatoms. The summed E-state index contributed by atoms with van der Waals surface area (Å²) in [4.78, 5) is 10.2. The van der Waals surface area contributed by atoms with Gasteiger partial charge in [0.2, 0.25) is 0 Å². The first-order chi connectivity index (χ1) is 3.68. The van der Waals surface area contributed by atoms with Gasteiger partial charge in [0, 0.05) is 0 Å². The van der Waals surface area contributed by atoms with E-state index in [4.69, 9.17) is 5.11 Å². The fourth-order valence-electron chi connectivity index (χ4n) is 0.176. The van der Waals surface area contributed by atoms with Crippen LogP contribution in [0.2, 0.25) is 0 Å². The Bertz CT molecular complexity index is 128. The SMILES string of the molecule is C=CNC(=O)C(=C)O. The zero-order valence-corrected chi connectivity index (χ0v) is 4.35. The lowest BCUT2D eigenvalue weighted by molar-refractivity contribution is -0.118. The van der Waals surface area contributed by atoms with Gasteiger partial charge in [-0.15, -0.1) is 0 Å². The summed E-state index contributed by atoms with van der Waals surface area (Å²) in [5.74, 6) is -1.13. The van der Waals surface area contributed by atoms with Gasteiger partial charge in [-0.2, -0.15) is 0 Å². The number of hydrogen-bond donors (Lipinski definition) is 2. The number of carbonyl (C=O) groups is 1. The van der Waals surface area contributed by atoms with Crippen molar-refractivity contribution in [2.24, 2.45) is 0 Å². The maximum Gasteiger partial charge on any atom is 0.289 e. The van der Waals surface area contributed by atoms with Crippen molar-refractivity contribution < 1.29 is 9.90 Å². The average Bonchev–Trinajstić information content (AvgIpc) is 1.67. The second-order valence-electron chi connectivity index (χ2n) is 1.12. The van der Waals surface area contributed by atoms with Crippen molar-refractivity contribution in [1.29, 1.82) is 0 Å². The van der Waals surface area contributed by atoms with Crippen LogP contribution < -0.4 is 5.32 Å². The second kappa shape index (κ2) is 2.85. The molecule has 0 atom stereocenters. The smallest absolute Gasteiger partial charge is 0.289 e. The Morgan fingerprint density at radius 1 is 1.75 bits per heavy atom. The predicted molar refractivity (Wildman–Crippen MR) is 30.1 cm³/mol. The van der Waals surface area contributed by atoms with Crippen LogP contribution in [-0.2, 0) is 4.79 Å². The summed E-state index contributed by atoms with van der Waals surface area (Å²) in [5, 5.41) is 10.4. The molecule has 0 aromatic carbocycles. The molecule has 1 amide bonds. The number of amides is 1. The molecule has 0 radical (unpaired) electrons. The average molecular weight is 113 g/mol. The van der Waals surface area contributed by atoms with Crippen molar-refractivity contribution in [3.05, 3.63) is 25.1 Å². The molecule has 0 saturated heterocycles. The summed E-state index contributed by atoms with van der Waals surface area (Å²) >= 11 is 0. The third-order valence-corrected chi connectivity index (χ3v) is 0.495. The van der Waals surface area contributed by atoms with Crippen molar-refractivity contribution in [3.63, 3.8) is 0 Å². The Morgan fingerprint density at radius 3 is 2.38 bits per heavy atom. The van der Waals surface area contributed by atoms with E-state index in [2.05, 4.69) is 18.5 Å². The van der Waals surface area contributed by atoms with Crippen molar-refractivity contribution >= 4 is 5.91 Å². The van der Waals surface area contributed by atoms with Gasteiger partial charge >= 0.3 is 0 Å². The van der Waals surface area contributed by atoms with Crippen LogP contribution in [0, 0.1) is 0 Å². The van der Waals surface area contributed by atoms with Gasteiger partial charge in [-0.25, -0.2) is 0 Å². The van der Waals surface area contributed by atoms with E-state index in [9.17, 15) is 4.79 Å². The molecule has 2 N–H and O–H groups in total. The van der Waals surface area contributed by atoms with E-state index in [0.717, 1.165) is 0 Å². The van der Waals surface area contributed by atoms with Gasteiger partial charge in [0.15, 0.2) is 5.76 Å². The maximum absolute atomic E-state index is 10.2. The Kier molecular flexibility index (Phi) is 2.40. The van der Waals surface area contributed by atoms with Crippen molar-refractivity contribution in [3.8, 4) is 0 Å². The molecule has 0 heterocycles. The number of carbonyl (C=O) groups excluding carboxylic acids is 1. The first-order valence-electron chi connectivity index (χ1n) is 1.98. The molecule has 44 valence electrons. The normalized spacial score (nSPS) is 7.50. The number of aliphatic hydroxyl groups excluding tert-OH is 1. The van der Waals surface area contributed by atoms with Crippen LogP contribution in [-0.4, -0.2) is 11.0 Å². The minimum atomic E-state index is -0.625. The van der Waals surface area contributed by atoms with Crippen LogP contribution >= 0.6 is 0 Å². The third-order valence-electron chi connectivity index (χ3n) is 0.495. The number of hydrogen-bond acceptors (Lipinski definition) is 2. The lowest BCUT2D eigenvalue weighted by Crippen LogP contribution is -2.17. The third kappa shape index (κ3) is 2.02. The number of nitrogens with one attached hydrogen (secondary N) is 1. The monoisotopic (exact) mass is 113 g/mol. The minimum Gasteiger partial charge on any atom is -0.503 e. The fraction of sp³-hybridized carbons (Fsp3) is 0. The molecule has 0 aliphatic heterocycles. The molecular weight excluding hydrogens is 106 g/mol. The van der Waals surface area contributed by atoms with Crippen LogP contribution in [0.15, 0.2) is 25.1 Å². The van der Waals surface area contributed by atoms with E-state index in [-0.39, 0.29) is 0 Å². The van der Waals surface area contributed by atoms with Gasteiger partial charge in [-0.05, 0) is 6.20 Å². The van der Waals surface area contributed by atoms with Crippen molar-refractivity contribution in [1.82, 2.24) is 5.32 Å². The van der Waals surface area contributed by atoms with Crippen LogP contribution in [0.3, 0.4) is 0 Å². The highest BCUT2D eigenvalue weighted by molar-refractivity contribution is 5.90. The van der Waals surface area contributed by atoms with E-state index < -0.39 is 11.7 Å². The summed E-state index contributed by atoms with van der Waals surface area (Å²) in [6, 6.07) is 0. The van der Waals surface area contributed by atoms with E-state index in [0.29, 0.717) is 0 Å². The van der Waals surface area contributed by atoms with E-state index in [1.165, 1.54) is 6.20 Å². The molecule has 8 heavy (non-hydrogen) atoms. The molecular formula is C5H7NO2. The highest BCUT2D eigenvalue weighted by Gasteiger charge is 1.97. The Labute approximate surface area is 47.3 Å². The summed E-state index contributed by atoms with van der Waals surface area (Å²) in [5.41, 5.74) is 0. The van der Waals surface area contributed by atoms with E-state index >= 15 is 0 Å². The first-order valence-corrected chi connectivity index (χ1v) is 1.98. The molecule has 0 aromatic rings. The zero-order valence-electron chi connectivity index (χ0n) is 4.35. The van der Waals surface area contributed by atoms with Crippen LogP contribution in [0.4, 0.5) is 0 Å². The van der Waals surface area contributed by atoms with Crippen LogP contribution in [0.1, 0.15) is 0 Å². The quantitative estimate of drug-likeness (QED) is 0.400. The van der Waals surface area contributed by atoms with Gasteiger partial charge in [-0.1, -0.05) is 13.2 Å². The van der Waals surface area contributed by atoms with E-state index in [1.54, 1.807) is 0 Å². The summed E-state index contributed by atoms with van der Waals surface area (Å²) in [7, 11) is 0. The molecule has 0 rings (SSSR count). The molecule has 0 fully saturated rings. The fourth-order valence-corrected chi connectivity index (χ4v) is 0.176. The van der Waals surface area contributed by atoms with Crippen LogP contribution in [0.25, 0.3) is 0 Å². The van der Waals surface area contributed by atoms with Gasteiger partial charge in [-0.3, -0.25) is 4.79 Å². The number of aliphatic hydroxyl groups is 1. The van der Waals surface area contributed by atoms with Crippen LogP contribution in [0.5, 0.6) is 0 Å². The molecule has 0 spiro atoms. The lowest BCUT2D eigenvalue weighted by atomic mass is 10.5. The lowest BCUT2D eigenvalue weighted by Gasteiger charge is -1.92. The topological polar surface area (TPSA) is 49.3 Å². The molecule has 0 aliphatic rings. The molecule has 0 aliphatic carbocycles. The van der Waals surface area contributed by atoms with Crippen molar-refractivity contribution in [2.45, 2.75) is 0 Å². The van der Waals surface area contributed by atoms with Gasteiger partial charge in [0.25, 0.3) is 5.91 Å². The predicted octanol–water partition coefficient (Wildman–Crippen LogP) is 0.318. The standard InChI is InChI=1S/C5H7NO2/c1-3-6-5(8)4(2)7/h3,7H,1-2H2,(H,6,8). The molecule has 0 aromatic heterocycles. The summed E-state index contributed by atoms with van der Waals surface area (Å²) in [6.07, 6.45) is 1.17. The first kappa shape index (κ1) is 6.75. The summed E-state index contributed by atoms with van der Waals surface area (Å²) in [6.45, 7) is 6.17. The Balaban J connectivity index is 3.65. The maximum atomic E-state index is 10.2. The highest BCUT2D eigenvalue weighted by Crippen LogP contribution is 1.78. The molecule has 3 nitrogen and oxygen atoms in total. The molecule has 0 bridgehead atoms. The highest BCUT2D eigenvalue weighted by atomic mass is 16.3. The zero-order chi connectivity index (χ0) is 6.57. The largest absolute Gasteiger partial charge is 0.503 e. The van der Waals surface area contributed by atoms with Gasteiger partial charge in [0.1, 0.15) is 0 Å². The number of rotatable bonds is 2. The molecule has 0 unspecified atom stereocenters. The Morgan fingerprint density at radius 2 is 2.25 bits per heavy atom. The van der Waals surface area contributed by atoms with Gasteiger partial charge < -0.3 is 10.4 Å².